The Kier molecular flexibility index (Phi) is 4.66. The number of rotatable bonds is 5. The van der Waals surface area contributed by atoms with Crippen LogP contribution in [0.15, 0.2) is 10.3 Å². The molecule has 1 aromatic rings. The van der Waals surface area contributed by atoms with Gasteiger partial charge in [-0.2, -0.15) is 4.31 Å². The van der Waals surface area contributed by atoms with Crippen molar-refractivity contribution in [1.29, 1.82) is 0 Å². The topological polar surface area (TPSA) is 49.4 Å². The van der Waals surface area contributed by atoms with E-state index in [2.05, 4.69) is 5.32 Å². The summed E-state index contributed by atoms with van der Waals surface area (Å²) in [5, 5.41) is 3.08. The van der Waals surface area contributed by atoms with Gasteiger partial charge in [-0.1, -0.05) is 12.8 Å². The first-order valence-electron chi connectivity index (χ1n) is 6.68. The SMILES string of the molecule is CNCc1sc(S(=O)(=O)N(C)C2CCCC2)cc1C. The minimum atomic E-state index is -3.32. The van der Waals surface area contributed by atoms with Crippen LogP contribution in [0.2, 0.25) is 0 Å². The number of nitrogens with zero attached hydrogens (tertiary/aromatic N) is 1. The zero-order chi connectivity index (χ0) is 14.0. The van der Waals surface area contributed by atoms with Crippen molar-refractivity contribution in [3.05, 3.63) is 16.5 Å². The molecule has 2 rings (SSSR count). The highest BCUT2D eigenvalue weighted by molar-refractivity contribution is 7.91. The second-order valence-corrected chi connectivity index (χ2v) is 8.52. The maximum absolute atomic E-state index is 12.6. The molecule has 0 radical (unpaired) electrons. The first-order valence-corrected chi connectivity index (χ1v) is 8.94. The summed E-state index contributed by atoms with van der Waals surface area (Å²) in [4.78, 5) is 1.10. The lowest BCUT2D eigenvalue weighted by Gasteiger charge is -2.22. The van der Waals surface area contributed by atoms with Crippen LogP contribution in [0.4, 0.5) is 0 Å². The van der Waals surface area contributed by atoms with E-state index in [-0.39, 0.29) is 6.04 Å². The zero-order valence-corrected chi connectivity index (χ0v) is 13.4. The first-order chi connectivity index (χ1) is 8.96. The van der Waals surface area contributed by atoms with Gasteiger partial charge in [-0.25, -0.2) is 8.42 Å². The number of thiophene rings is 1. The van der Waals surface area contributed by atoms with Crippen LogP contribution in [0.3, 0.4) is 0 Å². The molecule has 0 saturated heterocycles. The van der Waals surface area contributed by atoms with E-state index in [0.29, 0.717) is 4.21 Å². The van der Waals surface area contributed by atoms with Crippen molar-refractivity contribution in [2.75, 3.05) is 14.1 Å². The van der Waals surface area contributed by atoms with Gasteiger partial charge < -0.3 is 5.32 Å². The molecule has 0 bridgehead atoms. The fourth-order valence-electron chi connectivity index (χ4n) is 2.56. The van der Waals surface area contributed by atoms with E-state index in [0.717, 1.165) is 42.7 Å². The zero-order valence-electron chi connectivity index (χ0n) is 11.8. The Morgan fingerprint density at radius 2 is 2.05 bits per heavy atom. The van der Waals surface area contributed by atoms with Crippen molar-refractivity contribution in [3.8, 4) is 0 Å². The van der Waals surface area contributed by atoms with Gasteiger partial charge in [0.25, 0.3) is 10.0 Å². The summed E-state index contributed by atoms with van der Waals surface area (Å²) >= 11 is 1.39. The van der Waals surface area contributed by atoms with Crippen molar-refractivity contribution < 1.29 is 8.42 Å². The molecule has 0 spiro atoms. The first kappa shape index (κ1) is 15.0. The average Bonchev–Trinajstić information content (AvgIpc) is 2.99. The molecule has 0 aliphatic heterocycles. The standard InChI is InChI=1S/C13H22N2O2S2/c1-10-8-13(18-12(10)9-14-2)19(16,17)15(3)11-6-4-5-7-11/h8,11,14H,4-7,9H2,1-3H3. The van der Waals surface area contributed by atoms with Crippen LogP contribution in [0, 0.1) is 6.92 Å². The number of aryl methyl sites for hydroxylation is 1. The maximum Gasteiger partial charge on any atom is 0.252 e. The fourth-order valence-corrected chi connectivity index (χ4v) is 5.76. The van der Waals surface area contributed by atoms with Gasteiger partial charge in [0, 0.05) is 24.5 Å². The second-order valence-electron chi connectivity index (χ2n) is 5.16. The largest absolute Gasteiger partial charge is 0.315 e. The lowest BCUT2D eigenvalue weighted by molar-refractivity contribution is 0.374. The smallest absolute Gasteiger partial charge is 0.252 e. The van der Waals surface area contributed by atoms with E-state index >= 15 is 0 Å². The molecule has 4 nitrogen and oxygen atoms in total. The van der Waals surface area contributed by atoms with Crippen LogP contribution in [0.25, 0.3) is 0 Å². The van der Waals surface area contributed by atoms with Crippen LogP contribution in [-0.4, -0.2) is 32.9 Å². The second kappa shape index (κ2) is 5.91. The van der Waals surface area contributed by atoms with Crippen LogP contribution in [0.5, 0.6) is 0 Å². The molecule has 0 aromatic carbocycles. The number of nitrogens with one attached hydrogen (secondary N) is 1. The Labute approximate surface area is 119 Å². The van der Waals surface area contributed by atoms with Crippen molar-refractivity contribution in [2.24, 2.45) is 0 Å². The Morgan fingerprint density at radius 1 is 1.42 bits per heavy atom. The molecule has 1 fully saturated rings. The minimum Gasteiger partial charge on any atom is -0.315 e. The highest BCUT2D eigenvalue weighted by atomic mass is 32.2. The summed E-state index contributed by atoms with van der Waals surface area (Å²) in [7, 11) is 0.275. The molecule has 1 heterocycles. The van der Waals surface area contributed by atoms with Gasteiger partial charge in [0.05, 0.1) is 0 Å². The monoisotopic (exact) mass is 302 g/mol. The molecule has 1 saturated carbocycles. The Hall–Kier alpha value is -0.430. The van der Waals surface area contributed by atoms with Gasteiger partial charge in [-0.3, -0.25) is 0 Å². The summed E-state index contributed by atoms with van der Waals surface area (Å²) < 4.78 is 27.3. The lowest BCUT2D eigenvalue weighted by Crippen LogP contribution is -2.34. The molecule has 0 unspecified atom stereocenters. The Morgan fingerprint density at radius 3 is 2.63 bits per heavy atom. The lowest BCUT2D eigenvalue weighted by atomic mass is 10.3. The quantitative estimate of drug-likeness (QED) is 0.908. The van der Waals surface area contributed by atoms with Crippen molar-refractivity contribution in [2.45, 2.75) is 49.4 Å². The fraction of sp³-hybridized carbons (Fsp3) is 0.692. The molecule has 19 heavy (non-hydrogen) atoms. The van der Waals surface area contributed by atoms with Gasteiger partial charge >= 0.3 is 0 Å². The van der Waals surface area contributed by atoms with E-state index in [4.69, 9.17) is 0 Å². The van der Waals surface area contributed by atoms with Gasteiger partial charge in [0.15, 0.2) is 0 Å². The molecule has 6 heteroatoms. The summed E-state index contributed by atoms with van der Waals surface area (Å²) in [6.07, 6.45) is 4.25. The summed E-state index contributed by atoms with van der Waals surface area (Å²) in [6.45, 7) is 2.69. The van der Waals surface area contributed by atoms with Gasteiger partial charge in [-0.15, -0.1) is 11.3 Å². The third-order valence-electron chi connectivity index (χ3n) is 3.81. The van der Waals surface area contributed by atoms with Crippen molar-refractivity contribution in [3.63, 3.8) is 0 Å². The van der Waals surface area contributed by atoms with Gasteiger partial charge in [0.1, 0.15) is 4.21 Å². The molecule has 108 valence electrons. The average molecular weight is 302 g/mol. The molecule has 0 amide bonds. The minimum absolute atomic E-state index is 0.181. The highest BCUT2D eigenvalue weighted by Crippen LogP contribution is 2.32. The normalized spacial score (nSPS) is 17.5. The van der Waals surface area contributed by atoms with E-state index in [1.807, 2.05) is 14.0 Å². The van der Waals surface area contributed by atoms with Crippen molar-refractivity contribution >= 4 is 21.4 Å². The Balaban J connectivity index is 2.25. The predicted octanol–water partition coefficient (Wildman–Crippen LogP) is 2.34. The third-order valence-corrected chi connectivity index (χ3v) is 7.40. The highest BCUT2D eigenvalue weighted by Gasteiger charge is 2.31. The van der Waals surface area contributed by atoms with E-state index in [1.165, 1.54) is 11.3 Å². The maximum atomic E-state index is 12.6. The van der Waals surface area contributed by atoms with Gasteiger partial charge in [-0.05, 0) is 38.4 Å². The summed E-state index contributed by atoms with van der Waals surface area (Å²) in [6, 6.07) is 1.98. The van der Waals surface area contributed by atoms with E-state index < -0.39 is 10.0 Å². The molecule has 1 aromatic heterocycles. The van der Waals surface area contributed by atoms with Crippen LogP contribution >= 0.6 is 11.3 Å². The Bertz CT molecular complexity index is 531. The summed E-state index contributed by atoms with van der Waals surface area (Å²) in [5.41, 5.74) is 1.05. The van der Waals surface area contributed by atoms with Crippen LogP contribution < -0.4 is 5.32 Å². The molecule has 0 atom stereocenters. The van der Waals surface area contributed by atoms with Crippen molar-refractivity contribution in [1.82, 2.24) is 9.62 Å². The third kappa shape index (κ3) is 3.02. The predicted molar refractivity (Wildman–Crippen MR) is 79.0 cm³/mol. The van der Waals surface area contributed by atoms with Gasteiger partial charge in [0.2, 0.25) is 0 Å². The molecule has 1 N–H and O–H groups in total. The van der Waals surface area contributed by atoms with E-state index in [1.54, 1.807) is 17.4 Å². The number of hydrogen-bond donors (Lipinski definition) is 1. The molecular formula is C13H22N2O2S2. The molecule has 1 aliphatic carbocycles. The van der Waals surface area contributed by atoms with Crippen LogP contribution in [-0.2, 0) is 16.6 Å². The van der Waals surface area contributed by atoms with E-state index in [9.17, 15) is 8.42 Å². The number of hydrogen-bond acceptors (Lipinski definition) is 4. The molecular weight excluding hydrogens is 280 g/mol. The van der Waals surface area contributed by atoms with Crippen LogP contribution in [0.1, 0.15) is 36.1 Å². The molecule has 1 aliphatic rings. The summed E-state index contributed by atoms with van der Waals surface area (Å²) in [5.74, 6) is 0. The number of sulfonamides is 1.